The van der Waals surface area contributed by atoms with Crippen molar-refractivity contribution >= 4 is 11.7 Å². The normalized spacial score (nSPS) is 10.7. The fraction of sp³-hybridized carbons (Fsp3) is 0.667. The summed E-state index contributed by atoms with van der Waals surface area (Å²) in [5, 5.41) is 13.5. The zero-order valence-corrected chi connectivity index (χ0v) is 11.6. The average molecular weight is 267 g/mol. The molecule has 0 saturated heterocycles. The van der Waals surface area contributed by atoms with Crippen molar-refractivity contribution in [2.45, 2.75) is 33.9 Å². The van der Waals surface area contributed by atoms with E-state index >= 15 is 0 Å². The van der Waals surface area contributed by atoms with E-state index in [4.69, 9.17) is 0 Å². The molecule has 1 aromatic heterocycles. The molecule has 0 aliphatic heterocycles. The number of aromatic nitrogens is 3. The Morgan fingerprint density at radius 2 is 2.16 bits per heavy atom. The summed E-state index contributed by atoms with van der Waals surface area (Å²) in [5.41, 5.74) is 0.785. The molecule has 0 spiro atoms. The summed E-state index contributed by atoms with van der Waals surface area (Å²) in [7, 11) is 0. The van der Waals surface area contributed by atoms with Gasteiger partial charge in [-0.05, 0) is 6.54 Å². The number of amides is 1. The van der Waals surface area contributed by atoms with Crippen LogP contribution in [0.4, 0.5) is 0 Å². The molecule has 1 heterocycles. The third-order valence-electron chi connectivity index (χ3n) is 2.55. The number of carbonyl (C=O) groups is 2. The lowest BCUT2D eigenvalue weighted by molar-refractivity contribution is -0.126. The van der Waals surface area contributed by atoms with Gasteiger partial charge in [-0.1, -0.05) is 26.0 Å². The third-order valence-corrected chi connectivity index (χ3v) is 2.55. The highest BCUT2D eigenvalue weighted by atomic mass is 16.2. The smallest absolute Gasteiger partial charge is 0.242 e. The van der Waals surface area contributed by atoms with Crippen LogP contribution in [0.25, 0.3) is 0 Å². The fourth-order valence-electron chi connectivity index (χ4n) is 1.34. The Labute approximate surface area is 112 Å². The van der Waals surface area contributed by atoms with Gasteiger partial charge in [0.25, 0.3) is 0 Å². The number of nitrogens with zero attached hydrogens (tertiary/aromatic N) is 3. The molecular formula is C12H21N5O2. The van der Waals surface area contributed by atoms with Crippen LogP contribution in [0.15, 0.2) is 6.20 Å². The largest absolute Gasteiger partial charge is 0.347 e. The van der Waals surface area contributed by atoms with Gasteiger partial charge in [-0.15, -0.1) is 5.10 Å². The molecule has 0 bridgehead atoms. The van der Waals surface area contributed by atoms with E-state index in [1.54, 1.807) is 20.0 Å². The standard InChI is InChI=1S/C12H21N5O2/c1-4-13-5-10-7-17(16-15-10)8-12(19)14-6-11(18)9(2)3/h7,9,13H,4-6,8H2,1-3H3,(H,14,19). The van der Waals surface area contributed by atoms with Gasteiger partial charge in [0.2, 0.25) is 5.91 Å². The summed E-state index contributed by atoms with van der Waals surface area (Å²) in [5.74, 6) is -0.299. The van der Waals surface area contributed by atoms with E-state index < -0.39 is 0 Å². The Morgan fingerprint density at radius 1 is 1.42 bits per heavy atom. The molecule has 0 radical (unpaired) electrons. The average Bonchev–Trinajstić information content (AvgIpc) is 2.80. The molecule has 0 aliphatic carbocycles. The van der Waals surface area contributed by atoms with Gasteiger partial charge >= 0.3 is 0 Å². The van der Waals surface area contributed by atoms with E-state index in [0.29, 0.717) is 6.54 Å². The monoisotopic (exact) mass is 267 g/mol. The second kappa shape index (κ2) is 7.63. The Bertz CT molecular complexity index is 428. The summed E-state index contributed by atoms with van der Waals surface area (Å²) in [6.07, 6.45) is 1.71. The van der Waals surface area contributed by atoms with E-state index in [1.807, 2.05) is 6.92 Å². The van der Waals surface area contributed by atoms with E-state index in [-0.39, 0.29) is 30.7 Å². The van der Waals surface area contributed by atoms with Crippen molar-refractivity contribution in [3.8, 4) is 0 Å². The molecule has 1 rings (SSSR count). The van der Waals surface area contributed by atoms with Gasteiger partial charge < -0.3 is 10.6 Å². The molecule has 2 N–H and O–H groups in total. The van der Waals surface area contributed by atoms with Crippen molar-refractivity contribution < 1.29 is 9.59 Å². The van der Waals surface area contributed by atoms with Gasteiger partial charge in [-0.3, -0.25) is 9.59 Å². The van der Waals surface area contributed by atoms with E-state index in [9.17, 15) is 9.59 Å². The molecule has 0 aliphatic rings. The van der Waals surface area contributed by atoms with Crippen molar-refractivity contribution in [3.63, 3.8) is 0 Å². The predicted molar refractivity (Wildman–Crippen MR) is 70.3 cm³/mol. The fourth-order valence-corrected chi connectivity index (χ4v) is 1.34. The van der Waals surface area contributed by atoms with Gasteiger partial charge in [-0.2, -0.15) is 0 Å². The SMILES string of the molecule is CCNCc1cn(CC(=O)NCC(=O)C(C)C)nn1. The summed E-state index contributed by atoms with van der Waals surface area (Å²) < 4.78 is 1.46. The van der Waals surface area contributed by atoms with Gasteiger partial charge in [0.05, 0.1) is 18.4 Å². The highest BCUT2D eigenvalue weighted by Crippen LogP contribution is 1.94. The number of hydrogen-bond donors (Lipinski definition) is 2. The second-order valence-corrected chi connectivity index (χ2v) is 4.59. The van der Waals surface area contributed by atoms with Crippen molar-refractivity contribution in [1.82, 2.24) is 25.6 Å². The first-order valence-corrected chi connectivity index (χ1v) is 6.42. The lowest BCUT2D eigenvalue weighted by Crippen LogP contribution is -2.34. The molecule has 106 valence electrons. The van der Waals surface area contributed by atoms with Crippen molar-refractivity contribution in [2.24, 2.45) is 5.92 Å². The molecule has 0 unspecified atom stereocenters. The molecule has 19 heavy (non-hydrogen) atoms. The minimum Gasteiger partial charge on any atom is -0.347 e. The maximum absolute atomic E-state index is 11.6. The summed E-state index contributed by atoms with van der Waals surface area (Å²) in [4.78, 5) is 23.0. The van der Waals surface area contributed by atoms with E-state index in [2.05, 4.69) is 20.9 Å². The minimum absolute atomic E-state index is 0.0137. The second-order valence-electron chi connectivity index (χ2n) is 4.59. The molecule has 0 fully saturated rings. The van der Waals surface area contributed by atoms with Crippen LogP contribution >= 0.6 is 0 Å². The zero-order valence-electron chi connectivity index (χ0n) is 11.6. The van der Waals surface area contributed by atoms with Gasteiger partial charge in [0, 0.05) is 12.5 Å². The van der Waals surface area contributed by atoms with Crippen LogP contribution in [-0.4, -0.2) is 39.8 Å². The molecule has 1 amide bonds. The third kappa shape index (κ3) is 5.60. The first kappa shape index (κ1) is 15.3. The van der Waals surface area contributed by atoms with Crippen LogP contribution in [-0.2, 0) is 22.7 Å². The molecule has 7 nitrogen and oxygen atoms in total. The van der Waals surface area contributed by atoms with E-state index in [0.717, 1.165) is 12.2 Å². The summed E-state index contributed by atoms with van der Waals surface area (Å²) in [6.45, 7) is 7.23. The molecule has 0 atom stereocenters. The minimum atomic E-state index is -0.242. The van der Waals surface area contributed by atoms with Crippen LogP contribution in [0.3, 0.4) is 0 Å². The number of hydrogen-bond acceptors (Lipinski definition) is 5. The highest BCUT2D eigenvalue weighted by Gasteiger charge is 2.10. The van der Waals surface area contributed by atoms with E-state index in [1.165, 1.54) is 4.68 Å². The number of Topliss-reactive ketones (excluding diaryl/α,β-unsaturated/α-hetero) is 1. The number of ketones is 1. The highest BCUT2D eigenvalue weighted by molar-refractivity contribution is 5.86. The molecule has 0 aromatic carbocycles. The Morgan fingerprint density at radius 3 is 2.79 bits per heavy atom. The summed E-state index contributed by atoms with van der Waals surface area (Å²) >= 11 is 0. The Balaban J connectivity index is 2.35. The van der Waals surface area contributed by atoms with Crippen LogP contribution < -0.4 is 10.6 Å². The van der Waals surface area contributed by atoms with Crippen LogP contribution in [0.1, 0.15) is 26.5 Å². The molecule has 0 saturated carbocycles. The van der Waals surface area contributed by atoms with Gasteiger partial charge in [-0.25, -0.2) is 4.68 Å². The number of carbonyl (C=O) groups excluding carboxylic acids is 2. The van der Waals surface area contributed by atoms with Gasteiger partial charge in [0.15, 0.2) is 5.78 Å². The lowest BCUT2D eigenvalue weighted by atomic mass is 10.1. The first-order chi connectivity index (χ1) is 9.02. The Kier molecular flexibility index (Phi) is 6.14. The Hall–Kier alpha value is -1.76. The zero-order chi connectivity index (χ0) is 14.3. The van der Waals surface area contributed by atoms with Crippen LogP contribution in [0.2, 0.25) is 0 Å². The quantitative estimate of drug-likeness (QED) is 0.677. The predicted octanol–water partition coefficient (Wildman–Crippen LogP) is -0.271. The molecular weight excluding hydrogens is 246 g/mol. The number of rotatable bonds is 8. The van der Waals surface area contributed by atoms with Gasteiger partial charge in [0.1, 0.15) is 6.54 Å². The van der Waals surface area contributed by atoms with Crippen molar-refractivity contribution in [3.05, 3.63) is 11.9 Å². The van der Waals surface area contributed by atoms with Crippen LogP contribution in [0.5, 0.6) is 0 Å². The molecule has 1 aromatic rings. The first-order valence-electron chi connectivity index (χ1n) is 6.42. The molecule has 7 heteroatoms. The summed E-state index contributed by atoms with van der Waals surface area (Å²) in [6, 6.07) is 0. The van der Waals surface area contributed by atoms with Crippen LogP contribution in [0, 0.1) is 5.92 Å². The topological polar surface area (TPSA) is 88.9 Å². The number of nitrogens with one attached hydrogen (secondary N) is 2. The maximum atomic E-state index is 11.6. The maximum Gasteiger partial charge on any atom is 0.242 e. The lowest BCUT2D eigenvalue weighted by Gasteiger charge is -2.06. The van der Waals surface area contributed by atoms with Crippen molar-refractivity contribution in [2.75, 3.05) is 13.1 Å². The van der Waals surface area contributed by atoms with Crippen molar-refractivity contribution in [1.29, 1.82) is 0 Å².